The molecule has 0 saturated heterocycles. The molecule has 16 aromatic carbocycles. The second kappa shape index (κ2) is 26.7. The van der Waals surface area contributed by atoms with Crippen molar-refractivity contribution < 1.29 is 8.78 Å². The highest BCUT2D eigenvalue weighted by atomic mass is 19.1. The Morgan fingerprint density at radius 2 is 0.443 bits per heavy atom. The molecule has 20 rings (SSSR count). The van der Waals surface area contributed by atoms with Crippen LogP contribution >= 0.6 is 0 Å². The summed E-state index contributed by atoms with van der Waals surface area (Å²) >= 11 is 0. The minimum atomic E-state index is -0.270. The zero-order valence-corrected chi connectivity index (χ0v) is 57.0. The van der Waals surface area contributed by atoms with Crippen LogP contribution in [-0.4, -0.2) is 34.9 Å². The molecule has 20 aromatic rings. The molecule has 4 aromatic heterocycles. The van der Waals surface area contributed by atoms with Gasteiger partial charge in [0.1, 0.15) is 11.6 Å². The molecule has 0 fully saturated rings. The van der Waals surface area contributed by atoms with Crippen molar-refractivity contribution in [1.82, 2.24) is 34.9 Å². The zero-order valence-electron chi connectivity index (χ0n) is 57.0. The third kappa shape index (κ3) is 11.5. The number of hydrogen-bond acceptors (Lipinski definition) is 7. The van der Waals surface area contributed by atoms with E-state index in [4.69, 9.17) is 34.9 Å². The fraction of sp³-hybridized carbons (Fsp3) is 0. The predicted molar refractivity (Wildman–Crippen MR) is 432 cm³/mol. The van der Waals surface area contributed by atoms with Gasteiger partial charge in [-0.15, -0.1) is 0 Å². The molecule has 0 aliphatic rings. The van der Waals surface area contributed by atoms with Gasteiger partial charge >= 0.3 is 0 Å². The smallest absolute Gasteiger partial charge is 0.164 e. The van der Waals surface area contributed by atoms with Gasteiger partial charge in [-0.25, -0.2) is 43.7 Å². The van der Waals surface area contributed by atoms with Crippen molar-refractivity contribution in [3.63, 3.8) is 0 Å². The normalized spacial score (nSPS) is 11.5. The zero-order chi connectivity index (χ0) is 70.6. The van der Waals surface area contributed by atoms with E-state index in [9.17, 15) is 8.78 Å². The molecule has 0 saturated carbocycles. The summed E-state index contributed by atoms with van der Waals surface area (Å²) in [4.78, 5) is 35.4. The van der Waals surface area contributed by atoms with Gasteiger partial charge in [-0.2, -0.15) is 0 Å². The molecule has 7 nitrogen and oxygen atoms in total. The molecule has 0 N–H and O–H groups in total. The van der Waals surface area contributed by atoms with Gasteiger partial charge in [-0.1, -0.05) is 273 Å². The second-order valence-electron chi connectivity index (χ2n) is 26.5. The first-order valence-electron chi connectivity index (χ1n) is 35.3. The van der Waals surface area contributed by atoms with Crippen LogP contribution < -0.4 is 0 Å². The van der Waals surface area contributed by atoms with E-state index in [0.717, 1.165) is 165 Å². The molecule has 106 heavy (non-hydrogen) atoms. The lowest BCUT2D eigenvalue weighted by molar-refractivity contribution is 0.627. The second-order valence-corrected chi connectivity index (χ2v) is 26.5. The average Bonchev–Trinajstić information content (AvgIpc) is 0.720. The minimum Gasteiger partial charge on any atom is -0.247 e. The van der Waals surface area contributed by atoms with E-state index in [2.05, 4.69) is 212 Å². The summed E-state index contributed by atoms with van der Waals surface area (Å²) < 4.78 is 28.2. The Balaban J connectivity index is 0.000000145. The number of pyridine rings is 2. The van der Waals surface area contributed by atoms with E-state index in [1.807, 2.05) is 121 Å². The SMILES string of the molecule is Fc1ccc(-c2nc3ccc(-c4ccc(-c5nc(-c6ccccc6)nc(-c6ccccc6)n5)cc4)cc3c3c4ccccc4c4ccccc4c23)cc1.Fc1ccc(-c2nc3ccc(-c4cccc(-c5nc(-c6ccccc6)cc(-c6ccccc6)n5)c4)cc3c3c4ccccc4c4ccccc4c23)cc1. The summed E-state index contributed by atoms with van der Waals surface area (Å²) in [5, 5.41) is 15.7. The van der Waals surface area contributed by atoms with Crippen molar-refractivity contribution in [3.8, 4) is 113 Å². The molecule has 0 amide bonds. The van der Waals surface area contributed by atoms with Crippen molar-refractivity contribution in [2.75, 3.05) is 0 Å². The molecular weight excluding hydrogens is 1300 g/mol. The van der Waals surface area contributed by atoms with Gasteiger partial charge in [0.15, 0.2) is 23.3 Å². The highest BCUT2D eigenvalue weighted by Crippen LogP contribution is 2.47. The van der Waals surface area contributed by atoms with Gasteiger partial charge < -0.3 is 0 Å². The number of nitrogens with zero attached hydrogens (tertiary/aromatic N) is 7. The van der Waals surface area contributed by atoms with Crippen LogP contribution in [0, 0.1) is 11.6 Å². The lowest BCUT2D eigenvalue weighted by Gasteiger charge is -2.17. The van der Waals surface area contributed by atoms with Gasteiger partial charge in [0.2, 0.25) is 0 Å². The number of halogens is 2. The number of hydrogen-bond donors (Lipinski definition) is 0. The lowest BCUT2D eigenvalue weighted by Crippen LogP contribution is -2.00. The third-order valence-electron chi connectivity index (χ3n) is 20.1. The molecule has 0 aliphatic heterocycles. The van der Waals surface area contributed by atoms with Crippen LogP contribution in [0.25, 0.3) is 199 Å². The van der Waals surface area contributed by atoms with Crippen LogP contribution in [0.5, 0.6) is 0 Å². The maximum absolute atomic E-state index is 14.1. The summed E-state index contributed by atoms with van der Waals surface area (Å²) in [6.45, 7) is 0. The van der Waals surface area contributed by atoms with E-state index in [1.165, 1.54) is 35.0 Å². The van der Waals surface area contributed by atoms with E-state index < -0.39 is 0 Å². The first kappa shape index (κ1) is 62.8. The number of benzene rings is 16. The molecule has 4 heterocycles. The van der Waals surface area contributed by atoms with Crippen LogP contribution in [0.3, 0.4) is 0 Å². The highest BCUT2D eigenvalue weighted by Gasteiger charge is 2.22. The largest absolute Gasteiger partial charge is 0.247 e. The maximum atomic E-state index is 14.1. The Morgan fingerprint density at radius 3 is 0.849 bits per heavy atom. The van der Waals surface area contributed by atoms with Crippen LogP contribution in [0.4, 0.5) is 8.78 Å². The van der Waals surface area contributed by atoms with Gasteiger partial charge in [-0.3, -0.25) is 0 Å². The first-order valence-corrected chi connectivity index (χ1v) is 35.3. The molecule has 0 unspecified atom stereocenters. The van der Waals surface area contributed by atoms with E-state index >= 15 is 0 Å². The van der Waals surface area contributed by atoms with Crippen LogP contribution in [0.2, 0.25) is 0 Å². The minimum absolute atomic E-state index is 0.269. The number of fused-ring (bicyclic) bond motifs is 16. The Morgan fingerprint density at radius 1 is 0.160 bits per heavy atom. The summed E-state index contributed by atoms with van der Waals surface area (Å²) in [5.41, 5.74) is 17.0. The first-order chi connectivity index (χ1) is 52.3. The van der Waals surface area contributed by atoms with E-state index in [1.54, 1.807) is 0 Å². The summed E-state index contributed by atoms with van der Waals surface area (Å²) in [6.07, 6.45) is 0. The lowest BCUT2D eigenvalue weighted by atomic mass is 9.89. The van der Waals surface area contributed by atoms with Gasteiger partial charge in [0, 0.05) is 76.8 Å². The molecule has 0 bridgehead atoms. The van der Waals surface area contributed by atoms with Crippen molar-refractivity contribution >= 4 is 86.4 Å². The molecule has 0 radical (unpaired) electrons. The van der Waals surface area contributed by atoms with Crippen molar-refractivity contribution in [2.24, 2.45) is 0 Å². The summed E-state index contributed by atoms with van der Waals surface area (Å²) in [6, 6.07) is 120. The quantitative estimate of drug-likeness (QED) is 0.126. The third-order valence-corrected chi connectivity index (χ3v) is 20.1. The number of rotatable bonds is 10. The topological polar surface area (TPSA) is 90.2 Å². The summed E-state index contributed by atoms with van der Waals surface area (Å²) in [7, 11) is 0. The van der Waals surface area contributed by atoms with Crippen LogP contribution in [0.1, 0.15) is 0 Å². The van der Waals surface area contributed by atoms with Crippen molar-refractivity contribution in [1.29, 1.82) is 0 Å². The Kier molecular flexibility index (Phi) is 15.8. The average molecular weight is 1360 g/mol. The van der Waals surface area contributed by atoms with Crippen LogP contribution in [0.15, 0.2) is 358 Å². The molecule has 9 heteroatoms. The van der Waals surface area contributed by atoms with Crippen molar-refractivity contribution in [2.45, 2.75) is 0 Å². The summed E-state index contributed by atoms with van der Waals surface area (Å²) in [5.74, 6) is 2.01. The standard InChI is InChI=1S/C49H30FN3.C48H29FN4/c50-37-25-22-33(23-26-37)48-47-41-21-10-8-19-39(41)38-18-7-9-20-40(38)46(47)42-29-35(24-27-43(42)51-48)34-16-11-17-36(28-34)49-52-44(31-12-3-1-4-13-31)30-45(53-49)32-14-5-2-6-15-32;49-36-26-23-31(24-27-36)45-44-40-18-10-8-16-38(40)37-15-7-9-17-39(37)43(44)41-29-35(25-28-42(41)50-45)30-19-21-34(22-20-30)48-52-46(32-11-3-1-4-12-32)51-47(53-48)33-13-5-2-6-14-33/h1-30H;1-29H. The molecule has 0 spiro atoms. The molecule has 0 atom stereocenters. The Labute approximate surface area is 608 Å². The molecule has 496 valence electrons. The molecule has 0 aliphatic carbocycles. The van der Waals surface area contributed by atoms with E-state index in [-0.39, 0.29) is 11.6 Å². The van der Waals surface area contributed by atoms with Gasteiger partial charge in [0.05, 0.1) is 33.8 Å². The van der Waals surface area contributed by atoms with Crippen molar-refractivity contribution in [3.05, 3.63) is 370 Å². The maximum Gasteiger partial charge on any atom is 0.164 e. The predicted octanol–water partition coefficient (Wildman–Crippen LogP) is 25.3. The highest BCUT2D eigenvalue weighted by molar-refractivity contribution is 6.35. The fourth-order valence-electron chi connectivity index (χ4n) is 15.0. The Hall–Kier alpha value is -14.2. The van der Waals surface area contributed by atoms with Gasteiger partial charge in [0.25, 0.3) is 0 Å². The van der Waals surface area contributed by atoms with Crippen LogP contribution in [-0.2, 0) is 0 Å². The fourth-order valence-corrected chi connectivity index (χ4v) is 15.0. The molecular formula is C97H59F2N7. The van der Waals surface area contributed by atoms with Gasteiger partial charge in [-0.05, 0) is 150 Å². The Bertz CT molecular complexity index is 6690. The number of aromatic nitrogens is 7. The van der Waals surface area contributed by atoms with E-state index in [0.29, 0.717) is 23.3 Å². The monoisotopic (exact) mass is 1360 g/mol.